The van der Waals surface area contributed by atoms with E-state index in [1.54, 1.807) is 0 Å². The van der Waals surface area contributed by atoms with Crippen molar-refractivity contribution >= 4 is 0 Å². The van der Waals surface area contributed by atoms with Crippen LogP contribution in [0.15, 0.2) is 18.2 Å². The average molecular weight is 401 g/mol. The van der Waals surface area contributed by atoms with Crippen LogP contribution in [0.5, 0.6) is 5.75 Å². The Balaban J connectivity index is 2.27. The first kappa shape index (κ1) is 24.3. The number of phenols is 1. The lowest BCUT2D eigenvalue weighted by Crippen LogP contribution is -2.23. The van der Waals surface area contributed by atoms with Gasteiger partial charge in [0.1, 0.15) is 5.75 Å². The maximum absolute atomic E-state index is 11.3. The molecule has 0 fully saturated rings. The summed E-state index contributed by atoms with van der Waals surface area (Å²) in [5.74, 6) is 0.601. The highest BCUT2D eigenvalue weighted by Crippen LogP contribution is 2.43. The topological polar surface area (TPSA) is 20.2 Å². The lowest BCUT2D eigenvalue weighted by molar-refractivity contribution is 0.265. The van der Waals surface area contributed by atoms with E-state index in [0.29, 0.717) is 11.2 Å². The molecule has 1 N–H and O–H groups in total. The number of phenolic OH excluding ortho intramolecular Hbond substituents is 1. The van der Waals surface area contributed by atoms with Gasteiger partial charge in [-0.25, -0.2) is 0 Å². The Bertz CT molecular complexity index is 592. The molecular formula is C28H48O. The summed E-state index contributed by atoms with van der Waals surface area (Å²) in [6.45, 7) is 9.44. The quantitative estimate of drug-likeness (QED) is 0.536. The van der Waals surface area contributed by atoms with E-state index < -0.39 is 0 Å². The lowest BCUT2D eigenvalue weighted by atomic mass is 9.72. The molecule has 1 heteroatoms. The van der Waals surface area contributed by atoms with Crippen LogP contribution in [0.2, 0.25) is 0 Å². The van der Waals surface area contributed by atoms with Gasteiger partial charge < -0.3 is 5.11 Å². The molecule has 2 atom stereocenters. The van der Waals surface area contributed by atoms with Crippen LogP contribution < -0.4 is 0 Å². The van der Waals surface area contributed by atoms with E-state index in [0.717, 1.165) is 12.8 Å². The summed E-state index contributed by atoms with van der Waals surface area (Å²) in [7, 11) is 0. The third-order valence-corrected chi connectivity index (χ3v) is 7.80. The summed E-state index contributed by atoms with van der Waals surface area (Å²) < 4.78 is 0. The fraction of sp³-hybridized carbons (Fsp3) is 0.786. The molecule has 29 heavy (non-hydrogen) atoms. The second kappa shape index (κ2) is 12.0. The molecule has 2 bridgehead atoms. The van der Waals surface area contributed by atoms with E-state index >= 15 is 0 Å². The maximum atomic E-state index is 11.3. The second-order valence-electron chi connectivity index (χ2n) is 10.5. The Hall–Kier alpha value is -0.980. The van der Waals surface area contributed by atoms with E-state index in [1.807, 2.05) is 0 Å². The first-order chi connectivity index (χ1) is 13.9. The highest BCUT2D eigenvalue weighted by atomic mass is 16.3. The highest BCUT2D eigenvalue weighted by molar-refractivity contribution is 5.45. The van der Waals surface area contributed by atoms with Crippen LogP contribution in [-0.2, 0) is 11.8 Å². The molecule has 2 unspecified atom stereocenters. The summed E-state index contributed by atoms with van der Waals surface area (Å²) in [6, 6.07) is 6.58. The smallest absolute Gasteiger partial charge is 0.122 e. The van der Waals surface area contributed by atoms with Gasteiger partial charge in [0.15, 0.2) is 0 Å². The summed E-state index contributed by atoms with van der Waals surface area (Å²) in [4.78, 5) is 0. The van der Waals surface area contributed by atoms with Crippen LogP contribution in [0.1, 0.15) is 135 Å². The number of aromatic hydroxyl groups is 1. The van der Waals surface area contributed by atoms with Crippen LogP contribution in [0.4, 0.5) is 0 Å². The fourth-order valence-corrected chi connectivity index (χ4v) is 5.50. The summed E-state index contributed by atoms with van der Waals surface area (Å²) in [5.41, 5.74) is 2.78. The SMILES string of the molecule is CCCC1(C)CCCCCCCCCCCCC(C)(CC)Cc2cccc1c2O. The molecule has 0 heterocycles. The van der Waals surface area contributed by atoms with E-state index in [2.05, 4.69) is 45.9 Å². The predicted octanol–water partition coefficient (Wildman–Crippen LogP) is 9.10. The van der Waals surface area contributed by atoms with Gasteiger partial charge in [0, 0.05) is 5.56 Å². The molecule has 1 aliphatic rings. The van der Waals surface area contributed by atoms with Crippen molar-refractivity contribution in [3.05, 3.63) is 29.3 Å². The van der Waals surface area contributed by atoms with Crippen molar-refractivity contribution in [2.45, 2.75) is 136 Å². The van der Waals surface area contributed by atoms with Gasteiger partial charge >= 0.3 is 0 Å². The molecular weight excluding hydrogens is 352 g/mol. The lowest BCUT2D eigenvalue weighted by Gasteiger charge is -2.33. The summed E-state index contributed by atoms with van der Waals surface area (Å²) in [6.07, 6.45) is 20.8. The Morgan fingerprint density at radius 2 is 1.34 bits per heavy atom. The Labute approximate surface area is 181 Å². The van der Waals surface area contributed by atoms with Crippen molar-refractivity contribution in [3.63, 3.8) is 0 Å². The number of para-hydroxylation sites is 1. The van der Waals surface area contributed by atoms with Crippen molar-refractivity contribution < 1.29 is 5.11 Å². The number of rotatable bonds is 3. The molecule has 0 saturated carbocycles. The Morgan fingerprint density at radius 1 is 0.793 bits per heavy atom. The van der Waals surface area contributed by atoms with Crippen LogP contribution >= 0.6 is 0 Å². The zero-order chi connectivity index (χ0) is 21.2. The van der Waals surface area contributed by atoms with Crippen molar-refractivity contribution in [1.82, 2.24) is 0 Å². The van der Waals surface area contributed by atoms with Gasteiger partial charge in [0.25, 0.3) is 0 Å². The van der Waals surface area contributed by atoms with Crippen LogP contribution in [0, 0.1) is 5.41 Å². The molecule has 1 aliphatic carbocycles. The Kier molecular flexibility index (Phi) is 10.1. The Morgan fingerprint density at radius 3 is 1.90 bits per heavy atom. The van der Waals surface area contributed by atoms with E-state index in [9.17, 15) is 5.11 Å². The van der Waals surface area contributed by atoms with Crippen LogP contribution in [-0.4, -0.2) is 5.11 Å². The van der Waals surface area contributed by atoms with Crippen LogP contribution in [0.25, 0.3) is 0 Å². The van der Waals surface area contributed by atoms with Gasteiger partial charge in [-0.3, -0.25) is 0 Å². The molecule has 1 aromatic carbocycles. The monoisotopic (exact) mass is 400 g/mol. The largest absolute Gasteiger partial charge is 0.507 e. The van der Waals surface area contributed by atoms with Gasteiger partial charge in [-0.15, -0.1) is 0 Å². The highest BCUT2D eigenvalue weighted by Gasteiger charge is 2.30. The predicted molar refractivity (Wildman–Crippen MR) is 128 cm³/mol. The average Bonchev–Trinajstić information content (AvgIpc) is 2.70. The summed E-state index contributed by atoms with van der Waals surface area (Å²) in [5, 5.41) is 11.3. The van der Waals surface area contributed by atoms with Crippen LogP contribution in [0.3, 0.4) is 0 Å². The molecule has 0 spiro atoms. The summed E-state index contributed by atoms with van der Waals surface area (Å²) >= 11 is 0. The third-order valence-electron chi connectivity index (χ3n) is 7.80. The van der Waals surface area contributed by atoms with Crippen molar-refractivity contribution in [1.29, 1.82) is 0 Å². The van der Waals surface area contributed by atoms with Gasteiger partial charge in [0.05, 0.1) is 0 Å². The molecule has 2 rings (SSSR count). The molecule has 0 amide bonds. The zero-order valence-corrected chi connectivity index (χ0v) is 20.0. The zero-order valence-electron chi connectivity index (χ0n) is 20.0. The molecule has 0 aliphatic heterocycles. The normalized spacial score (nSPS) is 28.4. The van der Waals surface area contributed by atoms with Gasteiger partial charge in [-0.1, -0.05) is 123 Å². The maximum Gasteiger partial charge on any atom is 0.122 e. The molecule has 0 aromatic heterocycles. The first-order valence-electron chi connectivity index (χ1n) is 12.8. The first-order valence-corrected chi connectivity index (χ1v) is 12.8. The molecule has 0 radical (unpaired) electrons. The molecule has 1 aromatic rings. The molecule has 0 saturated heterocycles. The minimum absolute atomic E-state index is 0.100. The minimum Gasteiger partial charge on any atom is -0.507 e. The van der Waals surface area contributed by atoms with E-state index in [4.69, 9.17) is 0 Å². The third kappa shape index (κ3) is 7.34. The number of hydrogen-bond acceptors (Lipinski definition) is 1. The number of benzene rings is 1. The standard InChI is InChI=1S/C28H48O/c1-5-20-28(4)22-16-14-12-10-8-7-9-11-13-15-21-27(3,6-2)23-24-18-17-19-25(28)26(24)29/h17-19,29H,5-16,20-23H2,1-4H3. The van der Waals surface area contributed by atoms with E-state index in [1.165, 1.54) is 101 Å². The van der Waals surface area contributed by atoms with Gasteiger partial charge in [-0.05, 0) is 42.1 Å². The molecule has 166 valence electrons. The molecule has 1 nitrogen and oxygen atoms in total. The van der Waals surface area contributed by atoms with Gasteiger partial charge in [-0.2, -0.15) is 0 Å². The van der Waals surface area contributed by atoms with E-state index in [-0.39, 0.29) is 5.41 Å². The van der Waals surface area contributed by atoms with Crippen molar-refractivity contribution in [3.8, 4) is 5.75 Å². The fourth-order valence-electron chi connectivity index (χ4n) is 5.50. The number of hydrogen-bond donors (Lipinski definition) is 1. The second-order valence-corrected chi connectivity index (χ2v) is 10.5. The minimum atomic E-state index is 0.100. The van der Waals surface area contributed by atoms with Crippen molar-refractivity contribution in [2.75, 3.05) is 0 Å². The number of fused-ring (bicyclic) bond motifs is 2. The van der Waals surface area contributed by atoms with Crippen molar-refractivity contribution in [2.24, 2.45) is 5.41 Å². The van der Waals surface area contributed by atoms with Gasteiger partial charge in [0.2, 0.25) is 0 Å².